The summed E-state index contributed by atoms with van der Waals surface area (Å²) in [4.78, 5) is 16.8. The highest BCUT2D eigenvalue weighted by atomic mass is 19.1. The Labute approximate surface area is 147 Å². The van der Waals surface area contributed by atoms with Crippen molar-refractivity contribution in [1.82, 2.24) is 20.0 Å². The number of amides is 1. The van der Waals surface area contributed by atoms with Crippen molar-refractivity contribution in [3.8, 4) is 0 Å². The van der Waals surface area contributed by atoms with E-state index in [4.69, 9.17) is 0 Å². The molecule has 1 saturated heterocycles. The standard InChI is InChI=1S/C18H24FN5O/c1-14-17(13-21-22(14)2)18(25)20-7-8-23-9-11-24(12-10-23)16-5-3-15(19)4-6-16/h3-6,13H,7-12H2,1-2H3,(H,20,25). The van der Waals surface area contributed by atoms with Gasteiger partial charge in [-0.25, -0.2) is 4.39 Å². The molecule has 1 N–H and O–H groups in total. The van der Waals surface area contributed by atoms with Crippen molar-refractivity contribution in [2.75, 3.05) is 44.2 Å². The van der Waals surface area contributed by atoms with Gasteiger partial charge in [-0.1, -0.05) is 0 Å². The molecule has 7 heteroatoms. The van der Waals surface area contributed by atoms with Gasteiger partial charge < -0.3 is 10.2 Å². The van der Waals surface area contributed by atoms with Crippen molar-refractivity contribution >= 4 is 11.6 Å². The molecular weight excluding hydrogens is 321 g/mol. The first-order valence-electron chi connectivity index (χ1n) is 8.54. The second-order valence-electron chi connectivity index (χ2n) is 6.33. The zero-order chi connectivity index (χ0) is 17.8. The smallest absolute Gasteiger partial charge is 0.254 e. The quantitative estimate of drug-likeness (QED) is 0.891. The number of aromatic nitrogens is 2. The minimum atomic E-state index is -0.206. The maximum absolute atomic E-state index is 13.0. The monoisotopic (exact) mass is 345 g/mol. The number of anilines is 1. The summed E-state index contributed by atoms with van der Waals surface area (Å²) in [6, 6.07) is 6.64. The van der Waals surface area contributed by atoms with Crippen molar-refractivity contribution in [3.05, 3.63) is 47.5 Å². The number of nitrogens with zero attached hydrogens (tertiary/aromatic N) is 4. The van der Waals surface area contributed by atoms with Crippen LogP contribution in [0.5, 0.6) is 0 Å². The summed E-state index contributed by atoms with van der Waals surface area (Å²) in [5.41, 5.74) is 2.55. The normalized spacial score (nSPS) is 15.4. The van der Waals surface area contributed by atoms with Gasteiger partial charge in [0.05, 0.1) is 11.8 Å². The lowest BCUT2D eigenvalue weighted by atomic mass is 10.2. The fourth-order valence-corrected chi connectivity index (χ4v) is 3.03. The summed E-state index contributed by atoms with van der Waals surface area (Å²) >= 11 is 0. The van der Waals surface area contributed by atoms with Gasteiger partial charge >= 0.3 is 0 Å². The van der Waals surface area contributed by atoms with Crippen LogP contribution < -0.4 is 10.2 Å². The number of hydrogen-bond donors (Lipinski definition) is 1. The van der Waals surface area contributed by atoms with Crippen LogP contribution in [0.15, 0.2) is 30.5 Å². The second kappa shape index (κ2) is 7.65. The maximum atomic E-state index is 13.0. The van der Waals surface area contributed by atoms with Crippen LogP contribution in [0, 0.1) is 12.7 Å². The largest absolute Gasteiger partial charge is 0.369 e. The average Bonchev–Trinajstić information content (AvgIpc) is 2.95. The molecule has 3 rings (SSSR count). The van der Waals surface area contributed by atoms with Crippen molar-refractivity contribution in [1.29, 1.82) is 0 Å². The third-order valence-corrected chi connectivity index (χ3v) is 4.76. The molecule has 1 aromatic heterocycles. The van der Waals surface area contributed by atoms with Crippen LogP contribution in [0.2, 0.25) is 0 Å². The van der Waals surface area contributed by atoms with Crippen LogP contribution in [0.25, 0.3) is 0 Å². The van der Waals surface area contributed by atoms with E-state index < -0.39 is 0 Å². The molecule has 1 aliphatic rings. The zero-order valence-corrected chi connectivity index (χ0v) is 14.7. The van der Waals surface area contributed by atoms with Gasteiger partial charge in [-0.15, -0.1) is 0 Å². The molecule has 0 unspecified atom stereocenters. The number of carbonyl (C=O) groups is 1. The highest BCUT2D eigenvalue weighted by molar-refractivity contribution is 5.94. The van der Waals surface area contributed by atoms with Gasteiger partial charge in [0.15, 0.2) is 0 Å². The van der Waals surface area contributed by atoms with Crippen molar-refractivity contribution in [2.45, 2.75) is 6.92 Å². The molecule has 2 aromatic rings. The Morgan fingerprint density at radius 1 is 1.20 bits per heavy atom. The Morgan fingerprint density at radius 2 is 1.88 bits per heavy atom. The van der Waals surface area contributed by atoms with Gasteiger partial charge in [0, 0.05) is 57.7 Å². The number of rotatable bonds is 5. The van der Waals surface area contributed by atoms with Crippen LogP contribution in [0.3, 0.4) is 0 Å². The minimum absolute atomic E-state index is 0.0736. The van der Waals surface area contributed by atoms with E-state index in [0.29, 0.717) is 12.1 Å². The highest BCUT2D eigenvalue weighted by Crippen LogP contribution is 2.16. The van der Waals surface area contributed by atoms with Crippen molar-refractivity contribution in [3.63, 3.8) is 0 Å². The van der Waals surface area contributed by atoms with Crippen LogP contribution in [0.1, 0.15) is 16.1 Å². The summed E-state index contributed by atoms with van der Waals surface area (Å²) in [5, 5.41) is 7.05. The van der Waals surface area contributed by atoms with E-state index in [9.17, 15) is 9.18 Å². The molecule has 6 nitrogen and oxygen atoms in total. The Balaban J connectivity index is 1.41. The molecule has 0 spiro atoms. The van der Waals surface area contributed by atoms with E-state index in [-0.39, 0.29) is 11.7 Å². The molecule has 134 valence electrons. The van der Waals surface area contributed by atoms with E-state index in [1.807, 2.05) is 26.1 Å². The van der Waals surface area contributed by atoms with Gasteiger partial charge in [0.2, 0.25) is 0 Å². The lowest BCUT2D eigenvalue weighted by Gasteiger charge is -2.36. The average molecular weight is 345 g/mol. The molecule has 0 saturated carbocycles. The van der Waals surface area contributed by atoms with Crippen LogP contribution in [0.4, 0.5) is 10.1 Å². The predicted molar refractivity (Wildman–Crippen MR) is 95.3 cm³/mol. The predicted octanol–water partition coefficient (Wildman–Crippen LogP) is 1.42. The summed E-state index contributed by atoms with van der Waals surface area (Å²) in [7, 11) is 1.83. The molecular formula is C18H24FN5O. The molecule has 25 heavy (non-hydrogen) atoms. The summed E-state index contributed by atoms with van der Waals surface area (Å²) in [6.45, 7) is 6.99. The van der Waals surface area contributed by atoms with Gasteiger partial charge in [-0.05, 0) is 31.2 Å². The van der Waals surface area contributed by atoms with Crippen LogP contribution in [-0.2, 0) is 7.05 Å². The first-order chi connectivity index (χ1) is 12.0. The molecule has 1 amide bonds. The van der Waals surface area contributed by atoms with E-state index in [1.165, 1.54) is 12.1 Å². The summed E-state index contributed by atoms with van der Waals surface area (Å²) in [5.74, 6) is -0.280. The van der Waals surface area contributed by atoms with Crippen molar-refractivity contribution in [2.24, 2.45) is 7.05 Å². The fourth-order valence-electron chi connectivity index (χ4n) is 3.03. The Hall–Kier alpha value is -2.41. The van der Waals surface area contributed by atoms with Crippen LogP contribution in [-0.4, -0.2) is 59.9 Å². The SMILES string of the molecule is Cc1c(C(=O)NCCN2CCN(c3ccc(F)cc3)CC2)cnn1C. The lowest BCUT2D eigenvalue weighted by Crippen LogP contribution is -2.48. The van der Waals surface area contributed by atoms with Gasteiger partial charge in [-0.3, -0.25) is 14.4 Å². The minimum Gasteiger partial charge on any atom is -0.369 e. The molecule has 0 atom stereocenters. The first kappa shape index (κ1) is 17.4. The number of nitrogens with one attached hydrogen (secondary N) is 1. The topological polar surface area (TPSA) is 53.4 Å². The Bertz CT molecular complexity index is 720. The number of hydrogen-bond acceptors (Lipinski definition) is 4. The molecule has 1 aliphatic heterocycles. The maximum Gasteiger partial charge on any atom is 0.254 e. The number of benzene rings is 1. The van der Waals surface area contributed by atoms with Gasteiger partial charge in [0.1, 0.15) is 5.82 Å². The highest BCUT2D eigenvalue weighted by Gasteiger charge is 2.18. The number of piperazine rings is 1. The van der Waals surface area contributed by atoms with E-state index in [1.54, 1.807) is 10.9 Å². The Kier molecular flexibility index (Phi) is 5.33. The number of aryl methyl sites for hydroxylation is 1. The van der Waals surface area contributed by atoms with Gasteiger partial charge in [0.25, 0.3) is 5.91 Å². The van der Waals surface area contributed by atoms with E-state index in [0.717, 1.165) is 44.1 Å². The third kappa shape index (κ3) is 4.17. The molecule has 0 aliphatic carbocycles. The van der Waals surface area contributed by atoms with Crippen molar-refractivity contribution < 1.29 is 9.18 Å². The fraction of sp³-hybridized carbons (Fsp3) is 0.444. The first-order valence-corrected chi connectivity index (χ1v) is 8.54. The number of halogens is 1. The zero-order valence-electron chi connectivity index (χ0n) is 14.7. The molecule has 0 bridgehead atoms. The molecule has 2 heterocycles. The van der Waals surface area contributed by atoms with Crippen LogP contribution >= 0.6 is 0 Å². The van der Waals surface area contributed by atoms with Gasteiger partial charge in [-0.2, -0.15) is 5.10 Å². The molecule has 1 fully saturated rings. The van der Waals surface area contributed by atoms with E-state index >= 15 is 0 Å². The lowest BCUT2D eigenvalue weighted by molar-refractivity contribution is 0.0947. The number of carbonyl (C=O) groups excluding carboxylic acids is 1. The third-order valence-electron chi connectivity index (χ3n) is 4.76. The molecule has 1 aromatic carbocycles. The van der Waals surface area contributed by atoms with E-state index in [2.05, 4.69) is 20.2 Å². The summed E-state index contributed by atoms with van der Waals surface area (Å²) in [6.07, 6.45) is 1.60. The molecule has 0 radical (unpaired) electrons. The second-order valence-corrected chi connectivity index (χ2v) is 6.33. The Morgan fingerprint density at radius 3 is 2.48 bits per heavy atom. The summed E-state index contributed by atoms with van der Waals surface area (Å²) < 4.78 is 14.7.